The zero-order valence-electron chi connectivity index (χ0n) is 7.80. The van der Waals surface area contributed by atoms with E-state index in [1.54, 1.807) is 0 Å². The third-order valence-electron chi connectivity index (χ3n) is 1.59. The van der Waals surface area contributed by atoms with Crippen molar-refractivity contribution in [3.63, 3.8) is 0 Å². The summed E-state index contributed by atoms with van der Waals surface area (Å²) in [4.78, 5) is 0. The molecule has 1 aromatic carbocycles. The molecular formula is C9H7ClF4O2. The van der Waals surface area contributed by atoms with Crippen LogP contribution in [0.25, 0.3) is 0 Å². The van der Waals surface area contributed by atoms with Crippen molar-refractivity contribution in [3.05, 3.63) is 23.8 Å². The van der Waals surface area contributed by atoms with Crippen LogP contribution in [0.2, 0.25) is 0 Å². The number of alkyl halides is 5. The van der Waals surface area contributed by atoms with E-state index in [0.717, 1.165) is 12.1 Å². The molecular weight excluding hydrogens is 252 g/mol. The first-order valence-electron chi connectivity index (χ1n) is 4.11. The van der Waals surface area contributed by atoms with Gasteiger partial charge in [0.25, 0.3) is 0 Å². The lowest BCUT2D eigenvalue weighted by molar-refractivity contribution is -0.0692. The smallest absolute Gasteiger partial charge is 0.387 e. The van der Waals surface area contributed by atoms with Crippen molar-refractivity contribution in [3.8, 4) is 11.5 Å². The summed E-state index contributed by atoms with van der Waals surface area (Å²) >= 11 is 5.46. The average molecular weight is 259 g/mol. The Morgan fingerprint density at radius 1 is 1.00 bits per heavy atom. The summed E-state index contributed by atoms with van der Waals surface area (Å²) in [6, 6.07) is 3.60. The van der Waals surface area contributed by atoms with Crippen molar-refractivity contribution in [1.29, 1.82) is 0 Å². The van der Waals surface area contributed by atoms with Gasteiger partial charge in [0.2, 0.25) is 0 Å². The van der Waals surface area contributed by atoms with Crippen LogP contribution in [-0.2, 0) is 5.88 Å². The Balaban J connectivity index is 2.96. The molecule has 1 aromatic rings. The molecule has 0 aliphatic carbocycles. The van der Waals surface area contributed by atoms with Gasteiger partial charge in [-0.1, -0.05) is 6.07 Å². The Labute approximate surface area is 93.7 Å². The SMILES string of the molecule is FC(F)Oc1ccc(CCl)cc1OC(F)F. The molecule has 0 saturated heterocycles. The Bertz CT molecular complexity index is 346. The maximum atomic E-state index is 12.0. The van der Waals surface area contributed by atoms with Crippen molar-refractivity contribution in [2.75, 3.05) is 0 Å². The first kappa shape index (κ1) is 12.9. The highest BCUT2D eigenvalue weighted by Crippen LogP contribution is 2.31. The number of benzene rings is 1. The minimum atomic E-state index is -3.12. The van der Waals surface area contributed by atoms with Gasteiger partial charge in [-0.2, -0.15) is 17.6 Å². The second kappa shape index (κ2) is 5.79. The van der Waals surface area contributed by atoms with Gasteiger partial charge in [-0.3, -0.25) is 0 Å². The summed E-state index contributed by atoms with van der Waals surface area (Å²) in [5, 5.41) is 0. The van der Waals surface area contributed by atoms with Gasteiger partial charge in [-0.15, -0.1) is 11.6 Å². The van der Waals surface area contributed by atoms with Gasteiger partial charge in [0.05, 0.1) is 0 Å². The van der Waals surface area contributed by atoms with Crippen molar-refractivity contribution in [2.24, 2.45) is 0 Å². The second-order valence-corrected chi connectivity index (χ2v) is 2.94. The minimum absolute atomic E-state index is 0.0502. The first-order chi connectivity index (χ1) is 7.52. The van der Waals surface area contributed by atoms with Crippen LogP contribution in [0.3, 0.4) is 0 Å². The summed E-state index contributed by atoms with van der Waals surface area (Å²) in [5.74, 6) is -0.869. The lowest BCUT2D eigenvalue weighted by Gasteiger charge is -2.12. The summed E-state index contributed by atoms with van der Waals surface area (Å²) in [6.45, 7) is -6.23. The van der Waals surface area contributed by atoms with Crippen molar-refractivity contribution in [2.45, 2.75) is 19.1 Å². The zero-order chi connectivity index (χ0) is 12.1. The average Bonchev–Trinajstić information content (AvgIpc) is 2.19. The molecule has 0 saturated carbocycles. The number of ether oxygens (including phenoxy) is 2. The van der Waals surface area contributed by atoms with E-state index in [-0.39, 0.29) is 5.88 Å². The largest absolute Gasteiger partial charge is 0.431 e. The third kappa shape index (κ3) is 3.77. The Morgan fingerprint density at radius 2 is 1.56 bits per heavy atom. The summed E-state index contributed by atoms with van der Waals surface area (Å²) < 4.78 is 55.9. The van der Waals surface area contributed by atoms with Crippen LogP contribution >= 0.6 is 11.6 Å². The van der Waals surface area contributed by atoms with Gasteiger partial charge < -0.3 is 9.47 Å². The molecule has 0 aromatic heterocycles. The molecule has 90 valence electrons. The standard InChI is InChI=1S/C9H7ClF4O2/c10-4-5-1-2-6(15-8(11)12)7(3-5)16-9(13)14/h1-3,8-9H,4H2. The van der Waals surface area contributed by atoms with E-state index in [1.165, 1.54) is 6.07 Å². The molecule has 0 N–H and O–H groups in total. The van der Waals surface area contributed by atoms with Gasteiger partial charge >= 0.3 is 13.2 Å². The van der Waals surface area contributed by atoms with Gasteiger partial charge in [0.15, 0.2) is 11.5 Å². The quantitative estimate of drug-likeness (QED) is 0.593. The van der Waals surface area contributed by atoms with Gasteiger partial charge in [0, 0.05) is 5.88 Å². The van der Waals surface area contributed by atoms with E-state index < -0.39 is 24.7 Å². The fraction of sp³-hybridized carbons (Fsp3) is 0.333. The molecule has 0 radical (unpaired) electrons. The molecule has 0 amide bonds. The van der Waals surface area contributed by atoms with Gasteiger partial charge in [0.1, 0.15) is 0 Å². The van der Waals surface area contributed by atoms with E-state index in [1.807, 2.05) is 0 Å². The van der Waals surface area contributed by atoms with E-state index in [2.05, 4.69) is 9.47 Å². The van der Waals surface area contributed by atoms with Crippen molar-refractivity contribution >= 4 is 11.6 Å². The Kier molecular flexibility index (Phi) is 4.67. The molecule has 0 spiro atoms. The number of hydrogen-bond donors (Lipinski definition) is 0. The summed E-state index contributed by atoms with van der Waals surface area (Å²) in [7, 11) is 0. The molecule has 0 aliphatic heterocycles. The maximum Gasteiger partial charge on any atom is 0.387 e. The monoisotopic (exact) mass is 258 g/mol. The van der Waals surface area contributed by atoms with Crippen LogP contribution in [0.5, 0.6) is 11.5 Å². The van der Waals surface area contributed by atoms with E-state index >= 15 is 0 Å². The molecule has 0 fully saturated rings. The molecule has 0 unspecified atom stereocenters. The molecule has 0 atom stereocenters. The normalized spacial score (nSPS) is 10.9. The lowest BCUT2D eigenvalue weighted by atomic mass is 10.2. The highest BCUT2D eigenvalue weighted by molar-refractivity contribution is 6.17. The van der Waals surface area contributed by atoms with Crippen LogP contribution in [0.4, 0.5) is 17.6 Å². The first-order valence-corrected chi connectivity index (χ1v) is 4.65. The van der Waals surface area contributed by atoms with Gasteiger partial charge in [-0.25, -0.2) is 0 Å². The molecule has 16 heavy (non-hydrogen) atoms. The Morgan fingerprint density at radius 3 is 2.06 bits per heavy atom. The predicted octanol–water partition coefficient (Wildman–Crippen LogP) is 3.63. The van der Waals surface area contributed by atoms with Crippen LogP contribution < -0.4 is 9.47 Å². The lowest BCUT2D eigenvalue weighted by Crippen LogP contribution is -2.07. The maximum absolute atomic E-state index is 12.0. The molecule has 1 rings (SSSR count). The molecule has 2 nitrogen and oxygen atoms in total. The van der Waals surface area contributed by atoms with E-state index in [4.69, 9.17) is 11.6 Å². The second-order valence-electron chi connectivity index (χ2n) is 2.67. The predicted molar refractivity (Wildman–Crippen MR) is 49.3 cm³/mol. The highest BCUT2D eigenvalue weighted by atomic mass is 35.5. The Hall–Kier alpha value is -1.17. The molecule has 0 aliphatic rings. The number of halogens is 5. The number of rotatable bonds is 5. The molecule has 7 heteroatoms. The van der Waals surface area contributed by atoms with Crippen LogP contribution in [0, 0.1) is 0 Å². The molecule has 0 heterocycles. The fourth-order valence-corrected chi connectivity index (χ4v) is 1.18. The fourth-order valence-electron chi connectivity index (χ4n) is 1.02. The molecule has 0 bridgehead atoms. The van der Waals surface area contributed by atoms with Gasteiger partial charge in [-0.05, 0) is 17.7 Å². The van der Waals surface area contributed by atoms with Crippen molar-refractivity contribution < 1.29 is 27.0 Å². The van der Waals surface area contributed by atoms with Crippen LogP contribution in [-0.4, -0.2) is 13.2 Å². The zero-order valence-corrected chi connectivity index (χ0v) is 8.56. The van der Waals surface area contributed by atoms with E-state index in [9.17, 15) is 17.6 Å². The minimum Gasteiger partial charge on any atom is -0.431 e. The summed E-state index contributed by atoms with van der Waals surface area (Å²) in [5.41, 5.74) is 0.457. The van der Waals surface area contributed by atoms with E-state index in [0.29, 0.717) is 5.56 Å². The van der Waals surface area contributed by atoms with Crippen LogP contribution in [0.1, 0.15) is 5.56 Å². The van der Waals surface area contributed by atoms with Crippen molar-refractivity contribution in [1.82, 2.24) is 0 Å². The highest BCUT2D eigenvalue weighted by Gasteiger charge is 2.14. The summed E-state index contributed by atoms with van der Waals surface area (Å²) in [6.07, 6.45) is 0. The third-order valence-corrected chi connectivity index (χ3v) is 1.90. The topological polar surface area (TPSA) is 18.5 Å². The van der Waals surface area contributed by atoms with Crippen LogP contribution in [0.15, 0.2) is 18.2 Å². The number of hydrogen-bond acceptors (Lipinski definition) is 2.